The summed E-state index contributed by atoms with van der Waals surface area (Å²) >= 11 is 0. The van der Waals surface area contributed by atoms with Crippen molar-refractivity contribution < 1.29 is 4.74 Å². The highest BCUT2D eigenvalue weighted by molar-refractivity contribution is 14.0. The number of likely N-dealkylation sites (N-methyl/N-ethyl adjacent to an activating group) is 1. The van der Waals surface area contributed by atoms with Gasteiger partial charge in [0.2, 0.25) is 0 Å². The molecule has 5 nitrogen and oxygen atoms in total. The number of halogens is 1. The van der Waals surface area contributed by atoms with Crippen molar-refractivity contribution in [2.45, 2.75) is 40.3 Å². The van der Waals surface area contributed by atoms with Crippen LogP contribution in [0.2, 0.25) is 0 Å². The van der Waals surface area contributed by atoms with Gasteiger partial charge in [-0.1, -0.05) is 25.1 Å². The van der Waals surface area contributed by atoms with Gasteiger partial charge in [0.05, 0.1) is 6.61 Å². The summed E-state index contributed by atoms with van der Waals surface area (Å²) in [5.74, 6) is 1.74. The zero-order valence-corrected chi connectivity index (χ0v) is 18.0. The van der Waals surface area contributed by atoms with Crippen molar-refractivity contribution >= 4 is 29.9 Å². The Morgan fingerprint density at radius 2 is 1.92 bits per heavy atom. The first kappa shape index (κ1) is 23.0. The number of hydrogen-bond donors (Lipinski definition) is 2. The molecule has 0 aliphatic rings. The van der Waals surface area contributed by atoms with E-state index in [0.29, 0.717) is 19.2 Å². The monoisotopic (exact) mass is 448 g/mol. The molecule has 1 aromatic rings. The molecule has 0 radical (unpaired) electrons. The molecule has 1 aromatic carbocycles. The summed E-state index contributed by atoms with van der Waals surface area (Å²) in [6.07, 6.45) is 0. The van der Waals surface area contributed by atoms with Crippen LogP contribution >= 0.6 is 24.0 Å². The van der Waals surface area contributed by atoms with Gasteiger partial charge in [0, 0.05) is 38.3 Å². The predicted molar refractivity (Wildman–Crippen MR) is 114 cm³/mol. The summed E-state index contributed by atoms with van der Waals surface area (Å²) in [5.41, 5.74) is 1.13. The summed E-state index contributed by atoms with van der Waals surface area (Å²) in [5, 5.41) is 6.71. The van der Waals surface area contributed by atoms with Crippen molar-refractivity contribution in [1.82, 2.24) is 15.5 Å². The van der Waals surface area contributed by atoms with E-state index in [1.165, 1.54) is 0 Å². The maximum Gasteiger partial charge on any atom is 0.191 e. The maximum absolute atomic E-state index is 5.65. The van der Waals surface area contributed by atoms with Crippen molar-refractivity contribution in [1.29, 1.82) is 0 Å². The second-order valence-corrected chi connectivity index (χ2v) is 5.62. The molecule has 0 aliphatic carbocycles. The van der Waals surface area contributed by atoms with Crippen LogP contribution in [0.4, 0.5) is 0 Å². The van der Waals surface area contributed by atoms with Gasteiger partial charge in [0.25, 0.3) is 0 Å². The molecule has 0 saturated carbocycles. The lowest BCUT2D eigenvalue weighted by Crippen LogP contribution is -2.42. The number of rotatable bonds is 9. The lowest BCUT2D eigenvalue weighted by molar-refractivity contribution is 0.237. The zero-order valence-electron chi connectivity index (χ0n) is 15.6. The summed E-state index contributed by atoms with van der Waals surface area (Å²) in [6, 6.07) is 8.65. The quantitative estimate of drug-likeness (QED) is 0.346. The Morgan fingerprint density at radius 1 is 1.21 bits per heavy atom. The normalized spacial score (nSPS) is 11.4. The Morgan fingerprint density at radius 3 is 2.50 bits per heavy atom. The molecule has 6 heteroatoms. The summed E-state index contributed by atoms with van der Waals surface area (Å²) in [6.45, 7) is 12.9. The molecule has 24 heavy (non-hydrogen) atoms. The van der Waals surface area contributed by atoms with Gasteiger partial charge < -0.3 is 15.4 Å². The van der Waals surface area contributed by atoms with E-state index in [9.17, 15) is 0 Å². The van der Waals surface area contributed by atoms with Gasteiger partial charge >= 0.3 is 0 Å². The second-order valence-electron chi connectivity index (χ2n) is 5.62. The van der Waals surface area contributed by atoms with E-state index >= 15 is 0 Å². The van der Waals surface area contributed by atoms with Crippen LogP contribution in [0.25, 0.3) is 0 Å². The zero-order chi connectivity index (χ0) is 17.1. The molecule has 0 aliphatic heterocycles. The Bertz CT molecular complexity index is 480. The number of nitrogens with one attached hydrogen (secondary N) is 2. The minimum absolute atomic E-state index is 0. The smallest absolute Gasteiger partial charge is 0.191 e. The molecule has 0 heterocycles. The van der Waals surface area contributed by atoms with Crippen molar-refractivity contribution in [2.75, 3.05) is 33.3 Å². The van der Waals surface area contributed by atoms with Crippen LogP contribution in [0.15, 0.2) is 29.3 Å². The number of hydrogen-bond acceptors (Lipinski definition) is 3. The number of ether oxygens (including phenoxy) is 1. The second kappa shape index (κ2) is 13.3. The number of benzene rings is 1. The fourth-order valence-electron chi connectivity index (χ4n) is 2.45. The fraction of sp³-hybridized carbons (Fsp3) is 0.611. The number of nitrogens with zero attached hydrogens (tertiary/aromatic N) is 2. The van der Waals surface area contributed by atoms with Crippen LogP contribution in [0.5, 0.6) is 5.75 Å². The number of aliphatic imine (C=N–C) groups is 1. The lowest BCUT2D eigenvalue weighted by atomic mass is 10.2. The highest BCUT2D eigenvalue weighted by atomic mass is 127. The van der Waals surface area contributed by atoms with Crippen LogP contribution in [-0.2, 0) is 6.54 Å². The average Bonchev–Trinajstić information content (AvgIpc) is 2.55. The minimum Gasteiger partial charge on any atom is -0.494 e. The highest BCUT2D eigenvalue weighted by Crippen LogP contribution is 2.17. The Labute approximate surface area is 164 Å². The van der Waals surface area contributed by atoms with Crippen LogP contribution in [0, 0.1) is 0 Å². The molecular formula is C18H33IN4O. The van der Waals surface area contributed by atoms with Crippen LogP contribution < -0.4 is 15.4 Å². The fourth-order valence-corrected chi connectivity index (χ4v) is 2.45. The summed E-state index contributed by atoms with van der Waals surface area (Å²) < 4.78 is 5.65. The average molecular weight is 448 g/mol. The van der Waals surface area contributed by atoms with Crippen molar-refractivity contribution in [3.63, 3.8) is 0 Å². The van der Waals surface area contributed by atoms with Gasteiger partial charge in [-0.2, -0.15) is 0 Å². The first-order valence-electron chi connectivity index (χ1n) is 8.51. The SMILES string of the molecule is CCOc1ccccc1CNC(=NC)NCCN(CC)C(C)C.I. The van der Waals surface area contributed by atoms with Crippen molar-refractivity contribution in [2.24, 2.45) is 4.99 Å². The first-order chi connectivity index (χ1) is 11.1. The van der Waals surface area contributed by atoms with Gasteiger partial charge in [-0.25, -0.2) is 0 Å². The molecular weight excluding hydrogens is 415 g/mol. The van der Waals surface area contributed by atoms with Gasteiger partial charge in [-0.15, -0.1) is 24.0 Å². The van der Waals surface area contributed by atoms with E-state index in [0.717, 1.165) is 36.9 Å². The van der Waals surface area contributed by atoms with Gasteiger partial charge in [-0.3, -0.25) is 9.89 Å². The molecule has 0 amide bonds. The van der Waals surface area contributed by atoms with E-state index in [1.54, 1.807) is 7.05 Å². The Kier molecular flexibility index (Phi) is 12.7. The topological polar surface area (TPSA) is 48.9 Å². The lowest BCUT2D eigenvalue weighted by Gasteiger charge is -2.25. The molecule has 0 bridgehead atoms. The predicted octanol–water partition coefficient (Wildman–Crippen LogP) is 3.10. The van der Waals surface area contributed by atoms with E-state index in [-0.39, 0.29) is 24.0 Å². The van der Waals surface area contributed by atoms with Crippen LogP contribution in [0.1, 0.15) is 33.3 Å². The molecule has 0 saturated heterocycles. The molecule has 0 fully saturated rings. The van der Waals surface area contributed by atoms with Crippen LogP contribution in [0.3, 0.4) is 0 Å². The first-order valence-corrected chi connectivity index (χ1v) is 8.51. The molecule has 0 atom stereocenters. The van der Waals surface area contributed by atoms with E-state index in [1.807, 2.05) is 25.1 Å². The Balaban J connectivity index is 0.00000529. The third-order valence-corrected chi connectivity index (χ3v) is 3.77. The van der Waals surface area contributed by atoms with E-state index < -0.39 is 0 Å². The highest BCUT2D eigenvalue weighted by Gasteiger charge is 2.07. The van der Waals surface area contributed by atoms with Crippen molar-refractivity contribution in [3.05, 3.63) is 29.8 Å². The maximum atomic E-state index is 5.65. The molecule has 0 spiro atoms. The van der Waals surface area contributed by atoms with Crippen molar-refractivity contribution in [3.8, 4) is 5.75 Å². The van der Waals surface area contributed by atoms with Crippen LogP contribution in [-0.4, -0.2) is 50.2 Å². The third kappa shape index (κ3) is 8.19. The largest absolute Gasteiger partial charge is 0.494 e. The molecule has 0 unspecified atom stereocenters. The van der Waals surface area contributed by atoms with E-state index in [2.05, 4.69) is 47.4 Å². The molecule has 2 N–H and O–H groups in total. The summed E-state index contributed by atoms with van der Waals surface area (Å²) in [4.78, 5) is 6.70. The van der Waals surface area contributed by atoms with E-state index in [4.69, 9.17) is 4.74 Å². The molecule has 138 valence electrons. The molecule has 1 rings (SSSR count). The minimum atomic E-state index is 0. The Hall–Kier alpha value is -1.02. The van der Waals surface area contributed by atoms with Gasteiger partial charge in [-0.05, 0) is 33.4 Å². The van der Waals surface area contributed by atoms with Gasteiger partial charge in [0.1, 0.15) is 5.75 Å². The number of para-hydroxylation sites is 1. The third-order valence-electron chi connectivity index (χ3n) is 3.77. The molecule has 0 aromatic heterocycles. The standard InChI is InChI=1S/C18H32N4O.HI/c1-6-22(15(3)4)13-12-20-18(19-5)21-14-16-10-8-9-11-17(16)23-7-2;/h8-11,15H,6-7,12-14H2,1-5H3,(H2,19,20,21);1H. The number of guanidine groups is 1. The summed E-state index contributed by atoms with van der Waals surface area (Å²) in [7, 11) is 1.80. The van der Waals surface area contributed by atoms with Gasteiger partial charge in [0.15, 0.2) is 5.96 Å².